The molecule has 82 valence electrons. The summed E-state index contributed by atoms with van der Waals surface area (Å²) in [4.78, 5) is 11.4. The van der Waals surface area contributed by atoms with Gasteiger partial charge in [0, 0.05) is 5.57 Å². The lowest BCUT2D eigenvalue weighted by molar-refractivity contribution is -0.137. The first-order chi connectivity index (χ1) is 6.45. The Morgan fingerprint density at radius 1 is 1.36 bits per heavy atom. The topological polar surface area (TPSA) is 26.3 Å². The smallest absolute Gasteiger partial charge is 0.333 e. The minimum Gasteiger partial charge on any atom is -0.466 e. The van der Waals surface area contributed by atoms with Gasteiger partial charge in [-0.15, -0.1) is 0 Å². The van der Waals surface area contributed by atoms with Crippen LogP contribution < -0.4 is 0 Å². The molecule has 0 aromatic rings. The van der Waals surface area contributed by atoms with Crippen molar-refractivity contribution in [2.24, 2.45) is 17.8 Å². The maximum Gasteiger partial charge on any atom is 0.333 e. The van der Waals surface area contributed by atoms with Crippen LogP contribution in [0, 0.1) is 17.8 Å². The van der Waals surface area contributed by atoms with Gasteiger partial charge in [0.2, 0.25) is 0 Å². The van der Waals surface area contributed by atoms with E-state index in [0.717, 1.165) is 6.42 Å². The van der Waals surface area contributed by atoms with Crippen LogP contribution in [0.1, 0.15) is 34.1 Å². The first kappa shape index (κ1) is 13.2. The van der Waals surface area contributed by atoms with Crippen LogP contribution in [-0.4, -0.2) is 13.1 Å². The van der Waals surface area contributed by atoms with Crippen molar-refractivity contribution < 1.29 is 9.53 Å². The van der Waals surface area contributed by atoms with E-state index in [1.165, 1.54) is 7.11 Å². The molecular formula is C12H22O2. The monoisotopic (exact) mass is 198 g/mol. The molecule has 14 heavy (non-hydrogen) atoms. The van der Waals surface area contributed by atoms with Gasteiger partial charge in [0.15, 0.2) is 0 Å². The van der Waals surface area contributed by atoms with E-state index in [4.69, 9.17) is 4.74 Å². The highest BCUT2D eigenvalue weighted by Gasteiger charge is 2.26. The molecule has 0 rings (SSSR count). The molecular weight excluding hydrogens is 176 g/mol. The Hall–Kier alpha value is -0.790. The Morgan fingerprint density at radius 3 is 2.14 bits per heavy atom. The summed E-state index contributed by atoms with van der Waals surface area (Å²) in [7, 11) is 1.40. The zero-order chi connectivity index (χ0) is 11.3. The van der Waals surface area contributed by atoms with Crippen LogP contribution in [0.2, 0.25) is 0 Å². The number of carbonyl (C=O) groups excluding carboxylic acids is 1. The van der Waals surface area contributed by atoms with Gasteiger partial charge in [-0.2, -0.15) is 0 Å². The fourth-order valence-electron chi connectivity index (χ4n) is 1.92. The summed E-state index contributed by atoms with van der Waals surface area (Å²) in [5, 5.41) is 0. The molecule has 0 spiro atoms. The van der Waals surface area contributed by atoms with Crippen LogP contribution in [0.15, 0.2) is 12.2 Å². The maximum absolute atomic E-state index is 11.4. The van der Waals surface area contributed by atoms with Crippen molar-refractivity contribution in [3.63, 3.8) is 0 Å². The fourth-order valence-corrected chi connectivity index (χ4v) is 1.92. The molecule has 0 saturated heterocycles. The lowest BCUT2D eigenvalue weighted by atomic mass is 9.78. The van der Waals surface area contributed by atoms with E-state index >= 15 is 0 Å². The highest BCUT2D eigenvalue weighted by atomic mass is 16.5. The molecule has 0 fully saturated rings. The molecule has 0 N–H and O–H groups in total. The lowest BCUT2D eigenvalue weighted by Crippen LogP contribution is -2.24. The molecule has 0 aliphatic heterocycles. The van der Waals surface area contributed by atoms with Crippen molar-refractivity contribution in [3.05, 3.63) is 12.2 Å². The largest absolute Gasteiger partial charge is 0.466 e. The number of carbonyl (C=O) groups is 1. The molecule has 0 radical (unpaired) electrons. The second-order valence-corrected chi connectivity index (χ2v) is 4.17. The summed E-state index contributed by atoms with van der Waals surface area (Å²) in [5.74, 6) is 0.856. The Bertz CT molecular complexity index is 206. The van der Waals surface area contributed by atoms with Gasteiger partial charge in [-0.25, -0.2) is 4.79 Å². The molecule has 0 heterocycles. The van der Waals surface area contributed by atoms with E-state index in [1.54, 1.807) is 0 Å². The minimum atomic E-state index is -0.274. The van der Waals surface area contributed by atoms with Crippen molar-refractivity contribution in [3.8, 4) is 0 Å². The number of ether oxygens (including phenoxy) is 1. The maximum atomic E-state index is 11.4. The zero-order valence-corrected chi connectivity index (χ0v) is 9.96. The van der Waals surface area contributed by atoms with E-state index in [0.29, 0.717) is 17.4 Å². The quantitative estimate of drug-likeness (QED) is 0.501. The molecule has 0 aromatic heterocycles. The summed E-state index contributed by atoms with van der Waals surface area (Å²) >= 11 is 0. The highest BCUT2D eigenvalue weighted by Crippen LogP contribution is 2.30. The van der Waals surface area contributed by atoms with Gasteiger partial charge in [-0.05, 0) is 17.8 Å². The Morgan fingerprint density at radius 2 is 1.86 bits per heavy atom. The van der Waals surface area contributed by atoms with Gasteiger partial charge < -0.3 is 4.74 Å². The van der Waals surface area contributed by atoms with E-state index in [-0.39, 0.29) is 11.9 Å². The Kier molecular flexibility index (Phi) is 5.51. The second kappa shape index (κ2) is 5.84. The SMILES string of the molecule is C=C(C(=O)OC)C(C(C)C)C(C)CC. The average Bonchev–Trinajstić information content (AvgIpc) is 2.15. The third kappa shape index (κ3) is 3.17. The van der Waals surface area contributed by atoms with Gasteiger partial charge in [0.05, 0.1) is 7.11 Å². The van der Waals surface area contributed by atoms with Crippen LogP contribution in [0.5, 0.6) is 0 Å². The number of hydrogen-bond acceptors (Lipinski definition) is 2. The molecule has 0 aliphatic rings. The van der Waals surface area contributed by atoms with Gasteiger partial charge in [0.1, 0.15) is 0 Å². The molecule has 2 atom stereocenters. The summed E-state index contributed by atoms with van der Waals surface area (Å²) < 4.78 is 4.70. The number of rotatable bonds is 5. The van der Waals surface area contributed by atoms with Crippen molar-refractivity contribution >= 4 is 5.97 Å². The minimum absolute atomic E-state index is 0.229. The Balaban J connectivity index is 4.66. The first-order valence-corrected chi connectivity index (χ1v) is 5.22. The van der Waals surface area contributed by atoms with Crippen molar-refractivity contribution in [2.75, 3.05) is 7.11 Å². The molecule has 0 saturated carbocycles. The highest BCUT2D eigenvalue weighted by molar-refractivity contribution is 5.88. The van der Waals surface area contributed by atoms with Crippen LogP contribution in [0.4, 0.5) is 0 Å². The molecule has 2 heteroatoms. The second-order valence-electron chi connectivity index (χ2n) is 4.17. The van der Waals surface area contributed by atoms with Crippen LogP contribution in [-0.2, 0) is 9.53 Å². The summed E-state index contributed by atoms with van der Waals surface area (Å²) in [6, 6.07) is 0. The normalized spacial score (nSPS) is 15.0. The molecule has 0 amide bonds. The van der Waals surface area contributed by atoms with Gasteiger partial charge in [-0.3, -0.25) is 0 Å². The third-order valence-electron chi connectivity index (χ3n) is 2.83. The van der Waals surface area contributed by atoms with Crippen LogP contribution in [0.25, 0.3) is 0 Å². The van der Waals surface area contributed by atoms with Gasteiger partial charge >= 0.3 is 5.97 Å². The van der Waals surface area contributed by atoms with Crippen molar-refractivity contribution in [1.29, 1.82) is 0 Å². The van der Waals surface area contributed by atoms with E-state index in [2.05, 4.69) is 34.3 Å². The van der Waals surface area contributed by atoms with Crippen molar-refractivity contribution in [2.45, 2.75) is 34.1 Å². The van der Waals surface area contributed by atoms with Gasteiger partial charge in [0.25, 0.3) is 0 Å². The summed E-state index contributed by atoms with van der Waals surface area (Å²) in [6.45, 7) is 12.4. The van der Waals surface area contributed by atoms with Crippen molar-refractivity contribution in [1.82, 2.24) is 0 Å². The standard InChI is InChI=1S/C12H22O2/c1-7-9(4)11(8(2)3)10(5)12(13)14-6/h8-9,11H,5,7H2,1-4,6H3. The summed E-state index contributed by atoms with van der Waals surface area (Å²) in [6.07, 6.45) is 1.05. The number of hydrogen-bond donors (Lipinski definition) is 0. The van der Waals surface area contributed by atoms with E-state index in [1.807, 2.05) is 0 Å². The van der Waals surface area contributed by atoms with Crippen LogP contribution >= 0.6 is 0 Å². The van der Waals surface area contributed by atoms with Gasteiger partial charge in [-0.1, -0.05) is 40.7 Å². The van der Waals surface area contributed by atoms with E-state index < -0.39 is 0 Å². The lowest BCUT2D eigenvalue weighted by Gasteiger charge is -2.27. The van der Waals surface area contributed by atoms with E-state index in [9.17, 15) is 4.79 Å². The van der Waals surface area contributed by atoms with Crippen LogP contribution in [0.3, 0.4) is 0 Å². The molecule has 0 aliphatic carbocycles. The molecule has 0 aromatic carbocycles. The predicted molar refractivity (Wildman–Crippen MR) is 58.9 cm³/mol. The fraction of sp³-hybridized carbons (Fsp3) is 0.750. The average molecular weight is 198 g/mol. The Labute approximate surface area is 87.3 Å². The summed E-state index contributed by atoms with van der Waals surface area (Å²) in [5.41, 5.74) is 0.608. The molecule has 2 nitrogen and oxygen atoms in total. The molecule has 0 bridgehead atoms. The zero-order valence-electron chi connectivity index (χ0n) is 9.96. The third-order valence-corrected chi connectivity index (χ3v) is 2.83. The number of methoxy groups -OCH3 is 1. The first-order valence-electron chi connectivity index (χ1n) is 5.22. The molecule has 2 unspecified atom stereocenters. The predicted octanol–water partition coefficient (Wildman–Crippen LogP) is 3.03. The number of esters is 1.